The van der Waals surface area contributed by atoms with Gasteiger partial charge in [0.1, 0.15) is 0 Å². The van der Waals surface area contributed by atoms with Crippen LogP contribution in [0.4, 0.5) is 17.3 Å². The first-order valence-corrected chi connectivity index (χ1v) is 9.97. The van der Waals surface area contributed by atoms with E-state index < -0.39 is 0 Å². The summed E-state index contributed by atoms with van der Waals surface area (Å²) < 4.78 is 1.04. The predicted molar refractivity (Wildman–Crippen MR) is 118 cm³/mol. The molecule has 2 aromatic carbocycles. The molecule has 3 aromatic rings. The number of nitrogens with two attached hydrogens (primary N) is 1. The first kappa shape index (κ1) is 19.4. The van der Waals surface area contributed by atoms with Crippen LogP contribution in [0.5, 0.6) is 0 Å². The van der Waals surface area contributed by atoms with Gasteiger partial charge in [-0.05, 0) is 65.5 Å². The van der Waals surface area contributed by atoms with Crippen LogP contribution in [-0.4, -0.2) is 16.5 Å². The van der Waals surface area contributed by atoms with E-state index in [9.17, 15) is 0 Å². The standard InChI is InChI=1S/C22H25BrN4/c1-5-27(21-11-10-16(14(2)3)13-18(21)23)22-25-15(4)12-20(26-22)17-8-6-7-9-19(17)24/h6-14H,5,24H2,1-4H3. The lowest BCUT2D eigenvalue weighted by Gasteiger charge is -2.24. The summed E-state index contributed by atoms with van der Waals surface area (Å²) in [6.07, 6.45) is 0. The van der Waals surface area contributed by atoms with E-state index in [1.807, 2.05) is 37.3 Å². The van der Waals surface area contributed by atoms with Gasteiger partial charge in [0.15, 0.2) is 0 Å². The first-order chi connectivity index (χ1) is 12.9. The Labute approximate surface area is 169 Å². The summed E-state index contributed by atoms with van der Waals surface area (Å²) >= 11 is 3.73. The molecule has 27 heavy (non-hydrogen) atoms. The number of halogens is 1. The molecule has 0 unspecified atom stereocenters. The molecule has 5 heteroatoms. The van der Waals surface area contributed by atoms with Crippen LogP contribution in [0.3, 0.4) is 0 Å². The summed E-state index contributed by atoms with van der Waals surface area (Å²) in [6.45, 7) is 9.23. The maximum absolute atomic E-state index is 6.16. The number of nitrogen functional groups attached to an aromatic ring is 1. The highest BCUT2D eigenvalue weighted by molar-refractivity contribution is 9.10. The zero-order valence-corrected chi connectivity index (χ0v) is 17.8. The minimum atomic E-state index is 0.480. The second-order valence-electron chi connectivity index (χ2n) is 6.89. The highest BCUT2D eigenvalue weighted by atomic mass is 79.9. The summed E-state index contributed by atoms with van der Waals surface area (Å²) in [7, 11) is 0. The van der Waals surface area contributed by atoms with Crippen LogP contribution in [0.1, 0.15) is 37.9 Å². The van der Waals surface area contributed by atoms with E-state index in [1.54, 1.807) is 0 Å². The normalized spacial score (nSPS) is 11.0. The fourth-order valence-corrected chi connectivity index (χ4v) is 3.67. The molecule has 3 rings (SSSR count). The molecule has 0 aliphatic heterocycles. The molecule has 0 saturated carbocycles. The van der Waals surface area contributed by atoms with E-state index in [2.05, 4.69) is 64.8 Å². The molecular formula is C22H25BrN4. The van der Waals surface area contributed by atoms with Crippen molar-refractivity contribution in [2.24, 2.45) is 0 Å². The smallest absolute Gasteiger partial charge is 0.230 e. The number of hydrogen-bond acceptors (Lipinski definition) is 4. The molecule has 0 spiro atoms. The van der Waals surface area contributed by atoms with E-state index in [0.29, 0.717) is 17.6 Å². The SMILES string of the molecule is CCN(c1nc(C)cc(-c2ccccc2N)n1)c1ccc(C(C)C)cc1Br. The molecule has 140 valence electrons. The number of para-hydroxylation sites is 1. The Kier molecular flexibility index (Phi) is 5.80. The largest absolute Gasteiger partial charge is 0.398 e. The first-order valence-electron chi connectivity index (χ1n) is 9.18. The lowest BCUT2D eigenvalue weighted by atomic mass is 10.0. The summed E-state index contributed by atoms with van der Waals surface area (Å²) in [5.74, 6) is 1.15. The number of rotatable bonds is 5. The van der Waals surface area contributed by atoms with Crippen LogP contribution in [0.15, 0.2) is 53.0 Å². The van der Waals surface area contributed by atoms with Gasteiger partial charge in [-0.3, -0.25) is 0 Å². The second-order valence-corrected chi connectivity index (χ2v) is 7.75. The molecule has 0 fully saturated rings. The average molecular weight is 425 g/mol. The van der Waals surface area contributed by atoms with Crippen LogP contribution in [0.25, 0.3) is 11.3 Å². The van der Waals surface area contributed by atoms with Crippen molar-refractivity contribution in [1.29, 1.82) is 0 Å². The van der Waals surface area contributed by atoms with Crippen molar-refractivity contribution in [3.8, 4) is 11.3 Å². The van der Waals surface area contributed by atoms with E-state index in [1.165, 1.54) is 5.56 Å². The molecule has 0 radical (unpaired) electrons. The maximum Gasteiger partial charge on any atom is 0.230 e. The quantitative estimate of drug-likeness (QED) is 0.504. The van der Waals surface area contributed by atoms with Gasteiger partial charge < -0.3 is 10.6 Å². The molecule has 0 saturated heterocycles. The lowest BCUT2D eigenvalue weighted by Crippen LogP contribution is -2.20. The van der Waals surface area contributed by atoms with Crippen LogP contribution >= 0.6 is 15.9 Å². The minimum absolute atomic E-state index is 0.480. The van der Waals surface area contributed by atoms with E-state index in [4.69, 9.17) is 10.7 Å². The summed E-state index contributed by atoms with van der Waals surface area (Å²) in [5.41, 5.74) is 11.9. The molecule has 0 atom stereocenters. The van der Waals surface area contributed by atoms with Gasteiger partial charge in [-0.25, -0.2) is 9.97 Å². The zero-order valence-electron chi connectivity index (χ0n) is 16.2. The van der Waals surface area contributed by atoms with Crippen molar-refractivity contribution in [2.45, 2.75) is 33.6 Å². The topological polar surface area (TPSA) is 55.0 Å². The Balaban J connectivity index is 2.08. The number of anilines is 3. The molecule has 0 aliphatic rings. The van der Waals surface area contributed by atoms with E-state index >= 15 is 0 Å². The third-order valence-corrected chi connectivity index (χ3v) is 5.20. The Morgan fingerprint density at radius 2 is 1.81 bits per heavy atom. The van der Waals surface area contributed by atoms with Gasteiger partial charge in [0.2, 0.25) is 5.95 Å². The molecule has 4 nitrogen and oxygen atoms in total. The molecule has 1 heterocycles. The minimum Gasteiger partial charge on any atom is -0.398 e. The molecule has 0 amide bonds. The highest BCUT2D eigenvalue weighted by Crippen LogP contribution is 2.34. The fourth-order valence-electron chi connectivity index (χ4n) is 3.06. The Bertz CT molecular complexity index is 953. The molecule has 2 N–H and O–H groups in total. The lowest BCUT2D eigenvalue weighted by molar-refractivity contribution is 0.863. The fraction of sp³-hybridized carbons (Fsp3) is 0.273. The van der Waals surface area contributed by atoms with Crippen molar-refractivity contribution in [3.05, 3.63) is 64.3 Å². The van der Waals surface area contributed by atoms with Crippen molar-refractivity contribution >= 4 is 33.3 Å². The predicted octanol–water partition coefficient (Wildman–Crippen LogP) is 6.08. The number of benzene rings is 2. The van der Waals surface area contributed by atoms with Crippen molar-refractivity contribution < 1.29 is 0 Å². The van der Waals surface area contributed by atoms with Gasteiger partial charge >= 0.3 is 0 Å². The Morgan fingerprint density at radius 3 is 2.44 bits per heavy atom. The van der Waals surface area contributed by atoms with E-state index in [0.717, 1.165) is 33.7 Å². The summed E-state index contributed by atoms with van der Waals surface area (Å²) in [5, 5.41) is 0. The van der Waals surface area contributed by atoms with Crippen molar-refractivity contribution in [1.82, 2.24) is 9.97 Å². The number of nitrogens with zero attached hydrogens (tertiary/aromatic N) is 3. The monoisotopic (exact) mass is 424 g/mol. The van der Waals surface area contributed by atoms with Crippen molar-refractivity contribution in [3.63, 3.8) is 0 Å². The third kappa shape index (κ3) is 4.14. The van der Waals surface area contributed by atoms with Gasteiger partial charge in [0, 0.05) is 28.0 Å². The van der Waals surface area contributed by atoms with Gasteiger partial charge in [-0.1, -0.05) is 38.1 Å². The third-order valence-electron chi connectivity index (χ3n) is 4.57. The Morgan fingerprint density at radius 1 is 1.07 bits per heavy atom. The molecule has 1 aromatic heterocycles. The number of hydrogen-bond donors (Lipinski definition) is 1. The average Bonchev–Trinajstić information content (AvgIpc) is 2.63. The highest BCUT2D eigenvalue weighted by Gasteiger charge is 2.17. The molecule has 0 aliphatic carbocycles. The van der Waals surface area contributed by atoms with Crippen LogP contribution in [0, 0.1) is 6.92 Å². The molecule has 0 bridgehead atoms. The summed E-state index contributed by atoms with van der Waals surface area (Å²) in [6, 6.07) is 16.2. The van der Waals surface area contributed by atoms with Crippen LogP contribution < -0.4 is 10.6 Å². The van der Waals surface area contributed by atoms with E-state index in [-0.39, 0.29) is 0 Å². The second kappa shape index (κ2) is 8.09. The molecular weight excluding hydrogens is 400 g/mol. The van der Waals surface area contributed by atoms with Gasteiger partial charge in [-0.2, -0.15) is 0 Å². The zero-order chi connectivity index (χ0) is 19.6. The van der Waals surface area contributed by atoms with Gasteiger partial charge in [-0.15, -0.1) is 0 Å². The maximum atomic E-state index is 6.16. The van der Waals surface area contributed by atoms with Crippen molar-refractivity contribution in [2.75, 3.05) is 17.2 Å². The summed E-state index contributed by atoms with van der Waals surface area (Å²) in [4.78, 5) is 11.6. The number of aromatic nitrogens is 2. The number of aryl methyl sites for hydroxylation is 1. The van der Waals surface area contributed by atoms with Gasteiger partial charge in [0.05, 0.1) is 11.4 Å². The Hall–Kier alpha value is -2.40. The van der Waals surface area contributed by atoms with Crippen LogP contribution in [0.2, 0.25) is 0 Å². The van der Waals surface area contributed by atoms with Crippen LogP contribution in [-0.2, 0) is 0 Å². The van der Waals surface area contributed by atoms with Gasteiger partial charge in [0.25, 0.3) is 0 Å².